The fourth-order valence-corrected chi connectivity index (χ4v) is 2.77. The molecule has 2 aliphatic rings. The molecule has 0 aromatic carbocycles. The van der Waals surface area contributed by atoms with Gasteiger partial charge in [0.05, 0.1) is 18.1 Å². The van der Waals surface area contributed by atoms with E-state index in [1.165, 1.54) is 6.42 Å². The van der Waals surface area contributed by atoms with E-state index in [0.717, 1.165) is 25.2 Å². The minimum absolute atomic E-state index is 0.341. The maximum absolute atomic E-state index is 9.96. The van der Waals surface area contributed by atoms with Gasteiger partial charge >= 0.3 is 0 Å². The number of nitrogens with zero attached hydrogens (tertiary/aromatic N) is 1. The van der Waals surface area contributed by atoms with E-state index >= 15 is 0 Å². The molecule has 0 aromatic heterocycles. The zero-order chi connectivity index (χ0) is 7.90. The van der Waals surface area contributed by atoms with Crippen molar-refractivity contribution in [2.75, 3.05) is 0 Å². The summed E-state index contributed by atoms with van der Waals surface area (Å²) in [4.78, 5) is 0. The van der Waals surface area contributed by atoms with Gasteiger partial charge in [-0.25, -0.2) is 0 Å². The number of aliphatic hydroxyl groups is 1. The van der Waals surface area contributed by atoms with Crippen LogP contribution in [0.2, 0.25) is 0 Å². The lowest BCUT2D eigenvalue weighted by atomic mass is 9.82. The lowest BCUT2D eigenvalue weighted by Gasteiger charge is -2.29. The number of fused-ring (bicyclic) bond motifs is 2. The van der Waals surface area contributed by atoms with Gasteiger partial charge in [-0.2, -0.15) is 5.26 Å². The van der Waals surface area contributed by atoms with E-state index in [9.17, 15) is 5.11 Å². The van der Waals surface area contributed by atoms with Gasteiger partial charge < -0.3 is 5.11 Å². The molecule has 2 bridgehead atoms. The molecular weight excluding hydrogens is 138 g/mol. The number of hydrogen-bond donors (Lipinski definition) is 1. The van der Waals surface area contributed by atoms with Gasteiger partial charge in [-0.1, -0.05) is 0 Å². The maximum Gasteiger partial charge on any atom is 0.0807 e. The smallest absolute Gasteiger partial charge is 0.0807 e. The lowest BCUT2D eigenvalue weighted by molar-refractivity contribution is -0.00847. The molecule has 3 atom stereocenters. The predicted octanol–water partition coefficient (Wildman–Crippen LogP) is 1.45. The molecule has 1 N–H and O–H groups in total. The van der Waals surface area contributed by atoms with Crippen LogP contribution in [0.1, 0.15) is 32.1 Å². The molecule has 0 aliphatic heterocycles. The topological polar surface area (TPSA) is 44.0 Å². The van der Waals surface area contributed by atoms with Crippen LogP contribution in [-0.4, -0.2) is 10.7 Å². The fourth-order valence-electron chi connectivity index (χ4n) is 2.77. The van der Waals surface area contributed by atoms with Crippen LogP contribution in [-0.2, 0) is 0 Å². The average Bonchev–Trinajstić information content (AvgIpc) is 2.45. The number of rotatable bonds is 1. The Morgan fingerprint density at radius 1 is 1.55 bits per heavy atom. The van der Waals surface area contributed by atoms with Gasteiger partial charge in [0.25, 0.3) is 0 Å². The van der Waals surface area contributed by atoms with Crippen LogP contribution < -0.4 is 0 Å². The lowest BCUT2D eigenvalue weighted by Crippen LogP contribution is -2.34. The molecule has 60 valence electrons. The molecule has 2 rings (SSSR count). The standard InChI is InChI=1S/C9H13NO/c10-4-3-9(11)6-7-1-2-8(9)5-7/h7-8,11H,1-3,5-6H2. The summed E-state index contributed by atoms with van der Waals surface area (Å²) in [5, 5.41) is 18.5. The average molecular weight is 151 g/mol. The third-order valence-corrected chi connectivity index (χ3v) is 3.33. The van der Waals surface area contributed by atoms with E-state index in [1.54, 1.807) is 0 Å². The summed E-state index contributed by atoms with van der Waals surface area (Å²) >= 11 is 0. The molecule has 0 aromatic rings. The predicted molar refractivity (Wildman–Crippen MR) is 40.6 cm³/mol. The minimum atomic E-state index is -0.600. The summed E-state index contributed by atoms with van der Waals surface area (Å²) in [5.41, 5.74) is -0.600. The molecule has 0 spiro atoms. The van der Waals surface area contributed by atoms with Crippen LogP contribution in [0.5, 0.6) is 0 Å². The third-order valence-electron chi connectivity index (χ3n) is 3.33. The van der Waals surface area contributed by atoms with Crippen molar-refractivity contribution in [2.45, 2.75) is 37.7 Å². The highest BCUT2D eigenvalue weighted by molar-refractivity contribution is 5.04. The van der Waals surface area contributed by atoms with E-state index in [-0.39, 0.29) is 0 Å². The summed E-state index contributed by atoms with van der Waals surface area (Å²) in [6.45, 7) is 0. The van der Waals surface area contributed by atoms with Gasteiger partial charge in [0, 0.05) is 0 Å². The Morgan fingerprint density at radius 3 is 2.82 bits per heavy atom. The number of nitriles is 1. The second kappa shape index (κ2) is 2.22. The van der Waals surface area contributed by atoms with Crippen molar-refractivity contribution in [1.29, 1.82) is 5.26 Å². The second-order valence-corrected chi connectivity index (χ2v) is 4.02. The molecule has 3 unspecified atom stereocenters. The van der Waals surface area contributed by atoms with Crippen molar-refractivity contribution < 1.29 is 5.11 Å². The van der Waals surface area contributed by atoms with Crippen LogP contribution in [0.4, 0.5) is 0 Å². The molecule has 0 amide bonds. The molecule has 2 saturated carbocycles. The quantitative estimate of drug-likeness (QED) is 0.616. The molecule has 2 fully saturated rings. The normalized spacial score (nSPS) is 47.6. The largest absolute Gasteiger partial charge is 0.389 e. The Kier molecular flexibility index (Phi) is 1.43. The minimum Gasteiger partial charge on any atom is -0.389 e. The highest BCUT2D eigenvalue weighted by Gasteiger charge is 2.49. The van der Waals surface area contributed by atoms with Crippen LogP contribution in [0.15, 0.2) is 0 Å². The van der Waals surface area contributed by atoms with E-state index < -0.39 is 5.60 Å². The van der Waals surface area contributed by atoms with Crippen LogP contribution in [0.25, 0.3) is 0 Å². The van der Waals surface area contributed by atoms with Crippen molar-refractivity contribution in [3.8, 4) is 6.07 Å². The molecule has 11 heavy (non-hydrogen) atoms. The van der Waals surface area contributed by atoms with Crippen LogP contribution in [0.3, 0.4) is 0 Å². The van der Waals surface area contributed by atoms with Crippen molar-refractivity contribution in [2.24, 2.45) is 11.8 Å². The first-order valence-electron chi connectivity index (χ1n) is 4.34. The summed E-state index contributed by atoms with van der Waals surface area (Å²) in [5.74, 6) is 1.16. The summed E-state index contributed by atoms with van der Waals surface area (Å²) in [6, 6.07) is 2.08. The van der Waals surface area contributed by atoms with Crippen molar-refractivity contribution in [1.82, 2.24) is 0 Å². The van der Waals surface area contributed by atoms with E-state index in [4.69, 9.17) is 5.26 Å². The van der Waals surface area contributed by atoms with Gasteiger partial charge in [-0.05, 0) is 37.5 Å². The molecule has 0 heterocycles. The van der Waals surface area contributed by atoms with E-state index in [1.807, 2.05) is 0 Å². The van der Waals surface area contributed by atoms with Crippen molar-refractivity contribution in [3.05, 3.63) is 0 Å². The molecule has 0 saturated heterocycles. The molecule has 0 radical (unpaired) electrons. The van der Waals surface area contributed by atoms with Gasteiger partial charge in [0.1, 0.15) is 0 Å². The van der Waals surface area contributed by atoms with E-state index in [2.05, 4.69) is 6.07 Å². The highest BCUT2D eigenvalue weighted by atomic mass is 16.3. The first-order valence-corrected chi connectivity index (χ1v) is 4.34. The maximum atomic E-state index is 9.96. The van der Waals surface area contributed by atoms with Crippen molar-refractivity contribution in [3.63, 3.8) is 0 Å². The van der Waals surface area contributed by atoms with Gasteiger partial charge in [0.2, 0.25) is 0 Å². The molecule has 2 heteroatoms. The van der Waals surface area contributed by atoms with E-state index in [0.29, 0.717) is 12.3 Å². The molecule has 2 aliphatic carbocycles. The monoisotopic (exact) mass is 151 g/mol. The Morgan fingerprint density at radius 2 is 2.36 bits per heavy atom. The first-order chi connectivity index (χ1) is 5.24. The fraction of sp³-hybridized carbons (Fsp3) is 0.889. The van der Waals surface area contributed by atoms with Gasteiger partial charge in [-0.15, -0.1) is 0 Å². The van der Waals surface area contributed by atoms with Crippen molar-refractivity contribution >= 4 is 0 Å². The Balaban J connectivity index is 2.12. The summed E-state index contributed by atoms with van der Waals surface area (Å²) in [6.07, 6.45) is 4.80. The second-order valence-electron chi connectivity index (χ2n) is 4.02. The van der Waals surface area contributed by atoms with Crippen LogP contribution >= 0.6 is 0 Å². The highest BCUT2D eigenvalue weighted by Crippen LogP contribution is 2.51. The van der Waals surface area contributed by atoms with Crippen LogP contribution in [0, 0.1) is 23.2 Å². The zero-order valence-electron chi connectivity index (χ0n) is 6.58. The van der Waals surface area contributed by atoms with Gasteiger partial charge in [-0.3, -0.25) is 0 Å². The Labute approximate surface area is 66.8 Å². The number of hydrogen-bond acceptors (Lipinski definition) is 2. The molecular formula is C9H13NO. The Hall–Kier alpha value is -0.550. The van der Waals surface area contributed by atoms with Gasteiger partial charge in [0.15, 0.2) is 0 Å². The summed E-state index contributed by atoms with van der Waals surface area (Å²) < 4.78 is 0. The molecule has 2 nitrogen and oxygen atoms in total. The SMILES string of the molecule is N#CCC1(O)CC2CCC1C2. The third kappa shape index (κ3) is 0.954. The zero-order valence-corrected chi connectivity index (χ0v) is 6.58. The summed E-state index contributed by atoms with van der Waals surface area (Å²) in [7, 11) is 0. The Bertz CT molecular complexity index is 208. The first kappa shape index (κ1) is 7.12.